The van der Waals surface area contributed by atoms with Gasteiger partial charge in [0.2, 0.25) is 5.91 Å². The van der Waals surface area contributed by atoms with Gasteiger partial charge in [0.25, 0.3) is 0 Å². The number of hydrogen-bond donors (Lipinski definition) is 0. The first-order valence-corrected chi connectivity index (χ1v) is 3.88. The lowest BCUT2D eigenvalue weighted by Gasteiger charge is -2.12. The molecular weight excluding hydrogens is 140 g/mol. The molecule has 0 bridgehead atoms. The highest BCUT2D eigenvalue weighted by Crippen LogP contribution is 2.15. The molecule has 0 N–H and O–H groups in total. The minimum Gasteiger partial charge on any atom is -0.342 e. The fraction of sp³-hybridized carbons (Fsp3) is 0.750. The zero-order valence-electron chi connectivity index (χ0n) is 6.71. The number of carbonyl (C=O) groups excluding carboxylic acids is 1. The van der Waals surface area contributed by atoms with E-state index >= 15 is 0 Å². The van der Waals surface area contributed by atoms with E-state index in [1.807, 2.05) is 6.07 Å². The Morgan fingerprint density at radius 1 is 1.82 bits per heavy atom. The maximum atomic E-state index is 11.1. The second-order valence-corrected chi connectivity index (χ2v) is 3.07. The van der Waals surface area contributed by atoms with Crippen molar-refractivity contribution in [2.24, 2.45) is 5.92 Å². The molecule has 0 aromatic heterocycles. The molecule has 1 aliphatic heterocycles. The van der Waals surface area contributed by atoms with Crippen molar-refractivity contribution in [1.82, 2.24) is 4.90 Å². The largest absolute Gasteiger partial charge is 0.342 e. The highest BCUT2D eigenvalue weighted by atomic mass is 16.2. The van der Waals surface area contributed by atoms with Crippen molar-refractivity contribution in [3.05, 3.63) is 0 Å². The molecule has 0 unspecified atom stereocenters. The fourth-order valence-corrected chi connectivity index (χ4v) is 1.34. The maximum Gasteiger partial charge on any atom is 0.236 e. The maximum absolute atomic E-state index is 11.1. The monoisotopic (exact) mass is 152 g/mol. The molecule has 1 fully saturated rings. The second kappa shape index (κ2) is 3.38. The SMILES string of the molecule is C[C@@H]1CCN(C(=O)CC#N)C1. The third-order valence-corrected chi connectivity index (χ3v) is 2.01. The normalized spacial score (nSPS) is 23.3. The van der Waals surface area contributed by atoms with E-state index < -0.39 is 0 Å². The van der Waals surface area contributed by atoms with Crippen LogP contribution in [0.3, 0.4) is 0 Å². The average Bonchev–Trinajstić information content (AvgIpc) is 2.36. The van der Waals surface area contributed by atoms with Crippen LogP contribution in [0.25, 0.3) is 0 Å². The summed E-state index contributed by atoms with van der Waals surface area (Å²) in [4.78, 5) is 12.9. The second-order valence-electron chi connectivity index (χ2n) is 3.07. The quantitative estimate of drug-likeness (QED) is 0.557. The molecule has 11 heavy (non-hydrogen) atoms. The van der Waals surface area contributed by atoms with Crippen LogP contribution in [0.4, 0.5) is 0 Å². The van der Waals surface area contributed by atoms with Crippen molar-refractivity contribution in [1.29, 1.82) is 5.26 Å². The number of nitrogens with zero attached hydrogens (tertiary/aromatic N) is 2. The van der Waals surface area contributed by atoms with Gasteiger partial charge >= 0.3 is 0 Å². The number of hydrogen-bond acceptors (Lipinski definition) is 2. The summed E-state index contributed by atoms with van der Waals surface area (Å²) in [7, 11) is 0. The smallest absolute Gasteiger partial charge is 0.236 e. The summed E-state index contributed by atoms with van der Waals surface area (Å²) >= 11 is 0. The highest BCUT2D eigenvalue weighted by molar-refractivity contribution is 5.78. The van der Waals surface area contributed by atoms with E-state index in [1.165, 1.54) is 0 Å². The van der Waals surface area contributed by atoms with Gasteiger partial charge in [-0.1, -0.05) is 6.92 Å². The van der Waals surface area contributed by atoms with Gasteiger partial charge in [0.15, 0.2) is 0 Å². The van der Waals surface area contributed by atoms with E-state index in [2.05, 4.69) is 6.92 Å². The summed E-state index contributed by atoms with van der Waals surface area (Å²) < 4.78 is 0. The van der Waals surface area contributed by atoms with E-state index in [1.54, 1.807) is 4.90 Å². The van der Waals surface area contributed by atoms with Gasteiger partial charge in [-0.3, -0.25) is 4.79 Å². The summed E-state index contributed by atoms with van der Waals surface area (Å²) in [6.07, 6.45) is 1.11. The van der Waals surface area contributed by atoms with Gasteiger partial charge in [-0.2, -0.15) is 5.26 Å². The summed E-state index contributed by atoms with van der Waals surface area (Å²) in [5.41, 5.74) is 0. The van der Waals surface area contributed by atoms with Crippen LogP contribution in [0.15, 0.2) is 0 Å². The molecule has 0 radical (unpaired) electrons. The minimum absolute atomic E-state index is 0.0168. The Hall–Kier alpha value is -1.04. The number of amides is 1. The van der Waals surface area contributed by atoms with Crippen LogP contribution < -0.4 is 0 Å². The third-order valence-electron chi connectivity index (χ3n) is 2.01. The van der Waals surface area contributed by atoms with Gasteiger partial charge < -0.3 is 4.90 Å². The van der Waals surface area contributed by atoms with Gasteiger partial charge in [0.05, 0.1) is 6.07 Å². The Kier molecular flexibility index (Phi) is 2.48. The lowest BCUT2D eigenvalue weighted by Crippen LogP contribution is -2.27. The molecule has 1 amide bonds. The number of rotatable bonds is 1. The summed E-state index contributed by atoms with van der Waals surface area (Å²) in [5.74, 6) is 0.592. The van der Waals surface area contributed by atoms with Crippen LogP contribution in [-0.2, 0) is 4.79 Å². The number of carbonyl (C=O) groups is 1. The van der Waals surface area contributed by atoms with Gasteiger partial charge in [0.1, 0.15) is 6.42 Å². The zero-order valence-corrected chi connectivity index (χ0v) is 6.71. The Balaban J connectivity index is 2.38. The van der Waals surface area contributed by atoms with Crippen molar-refractivity contribution in [2.75, 3.05) is 13.1 Å². The molecule has 1 atom stereocenters. The minimum atomic E-state index is -0.0168. The highest BCUT2D eigenvalue weighted by Gasteiger charge is 2.22. The van der Waals surface area contributed by atoms with Crippen LogP contribution >= 0.6 is 0 Å². The predicted molar refractivity (Wildman–Crippen MR) is 40.6 cm³/mol. The lowest BCUT2D eigenvalue weighted by molar-refractivity contribution is -0.129. The molecule has 1 saturated heterocycles. The van der Waals surface area contributed by atoms with Crippen LogP contribution in [0.1, 0.15) is 19.8 Å². The Labute approximate surface area is 66.6 Å². The lowest BCUT2D eigenvalue weighted by atomic mass is 10.2. The molecule has 0 saturated carbocycles. The van der Waals surface area contributed by atoms with Gasteiger partial charge in [0, 0.05) is 13.1 Å². The van der Waals surface area contributed by atoms with Gasteiger partial charge in [-0.15, -0.1) is 0 Å². The molecule has 0 aromatic rings. The Morgan fingerprint density at radius 2 is 2.55 bits per heavy atom. The van der Waals surface area contributed by atoms with Crippen LogP contribution in [0.5, 0.6) is 0 Å². The molecule has 3 heteroatoms. The van der Waals surface area contributed by atoms with Crippen LogP contribution in [0, 0.1) is 17.2 Å². The van der Waals surface area contributed by atoms with Crippen molar-refractivity contribution in [3.8, 4) is 6.07 Å². The molecule has 0 aromatic carbocycles. The Bertz CT molecular complexity index is 195. The molecule has 1 rings (SSSR count). The molecule has 60 valence electrons. The van der Waals surface area contributed by atoms with E-state index in [9.17, 15) is 4.79 Å². The van der Waals surface area contributed by atoms with Crippen molar-refractivity contribution in [3.63, 3.8) is 0 Å². The number of nitriles is 1. The third kappa shape index (κ3) is 1.94. The summed E-state index contributed by atoms with van der Waals surface area (Å²) in [5, 5.41) is 8.27. The summed E-state index contributed by atoms with van der Waals surface area (Å²) in [6.45, 7) is 3.79. The summed E-state index contributed by atoms with van der Waals surface area (Å²) in [6, 6.07) is 1.87. The molecule has 1 heterocycles. The standard InChI is InChI=1S/C8H12N2O/c1-7-3-5-10(6-7)8(11)2-4-9/h7H,2-3,5-6H2,1H3/t7-/m1/s1. The first kappa shape index (κ1) is 8.06. The topological polar surface area (TPSA) is 44.1 Å². The Morgan fingerprint density at radius 3 is 3.00 bits per heavy atom. The molecule has 0 spiro atoms. The molecule has 0 aliphatic carbocycles. The first-order valence-electron chi connectivity index (χ1n) is 3.88. The van der Waals surface area contributed by atoms with Gasteiger partial charge in [-0.05, 0) is 12.3 Å². The fourth-order valence-electron chi connectivity index (χ4n) is 1.34. The molecular formula is C8H12N2O. The van der Waals surface area contributed by atoms with E-state index in [0.717, 1.165) is 19.5 Å². The zero-order chi connectivity index (χ0) is 8.27. The molecule has 3 nitrogen and oxygen atoms in total. The van der Waals surface area contributed by atoms with Crippen LogP contribution in [0.2, 0.25) is 0 Å². The first-order chi connectivity index (χ1) is 5.24. The molecule has 1 aliphatic rings. The van der Waals surface area contributed by atoms with Crippen molar-refractivity contribution in [2.45, 2.75) is 19.8 Å². The van der Waals surface area contributed by atoms with E-state index in [-0.39, 0.29) is 12.3 Å². The van der Waals surface area contributed by atoms with Gasteiger partial charge in [-0.25, -0.2) is 0 Å². The van der Waals surface area contributed by atoms with Crippen molar-refractivity contribution < 1.29 is 4.79 Å². The average molecular weight is 152 g/mol. The van der Waals surface area contributed by atoms with E-state index in [0.29, 0.717) is 5.92 Å². The van der Waals surface area contributed by atoms with Crippen LogP contribution in [-0.4, -0.2) is 23.9 Å². The number of likely N-dealkylation sites (tertiary alicyclic amines) is 1. The van der Waals surface area contributed by atoms with E-state index in [4.69, 9.17) is 5.26 Å². The predicted octanol–water partition coefficient (Wildman–Crippen LogP) is 0.768. The van der Waals surface area contributed by atoms with Crippen molar-refractivity contribution >= 4 is 5.91 Å².